The SMILES string of the molecule is CCCC(c1ccc(C=O)cc1)N1C(=O)C(c2cc(F)cc(F)c2)=NC12CC(C)CC(C)C2.CNCC(=N)N.NN. The van der Waals surface area contributed by atoms with Gasteiger partial charge in [-0.3, -0.25) is 31.7 Å². The second-order valence-electron chi connectivity index (χ2n) is 10.8. The fourth-order valence-electron chi connectivity index (χ4n) is 5.97. The summed E-state index contributed by atoms with van der Waals surface area (Å²) in [6.07, 6.45) is 4.82. The minimum absolute atomic E-state index is 0.125. The Kier molecular flexibility index (Phi) is 12.7. The van der Waals surface area contributed by atoms with E-state index in [0.29, 0.717) is 36.8 Å². The molecule has 1 amide bonds. The van der Waals surface area contributed by atoms with Crippen LogP contribution in [0.15, 0.2) is 47.5 Å². The lowest BCUT2D eigenvalue weighted by Crippen LogP contribution is -2.52. The van der Waals surface area contributed by atoms with E-state index < -0.39 is 17.3 Å². The first-order chi connectivity index (χ1) is 19.5. The van der Waals surface area contributed by atoms with Crippen molar-refractivity contribution in [3.63, 3.8) is 0 Å². The number of aliphatic imine (C=N–C) groups is 1. The number of hydrazine groups is 1. The number of halogens is 2. The van der Waals surface area contributed by atoms with Crippen molar-refractivity contribution in [2.24, 2.45) is 34.2 Å². The van der Waals surface area contributed by atoms with Crippen molar-refractivity contribution in [2.75, 3.05) is 13.6 Å². The Morgan fingerprint density at radius 2 is 1.71 bits per heavy atom. The molecule has 224 valence electrons. The molecule has 4 rings (SSSR count). The molecule has 0 aromatic heterocycles. The molecule has 41 heavy (non-hydrogen) atoms. The molecule has 2 aromatic rings. The monoisotopic (exact) mass is 571 g/mol. The van der Waals surface area contributed by atoms with E-state index >= 15 is 0 Å². The fraction of sp³-hybridized carbons (Fsp3) is 0.467. The molecule has 9 nitrogen and oxygen atoms in total. The van der Waals surface area contributed by atoms with Gasteiger partial charge in [0.2, 0.25) is 0 Å². The molecule has 3 unspecified atom stereocenters. The number of nitrogens with two attached hydrogens (primary N) is 3. The average Bonchev–Trinajstić information content (AvgIpc) is 3.18. The van der Waals surface area contributed by atoms with E-state index in [1.54, 1.807) is 19.2 Å². The molecule has 1 aliphatic carbocycles. The Morgan fingerprint density at radius 1 is 1.15 bits per heavy atom. The summed E-state index contributed by atoms with van der Waals surface area (Å²) in [6.45, 7) is 6.89. The number of carbonyl (C=O) groups is 2. The van der Waals surface area contributed by atoms with Crippen LogP contribution in [0, 0.1) is 28.9 Å². The number of benzene rings is 2. The van der Waals surface area contributed by atoms with Crippen molar-refractivity contribution >= 4 is 23.7 Å². The predicted octanol–water partition coefficient (Wildman–Crippen LogP) is 4.06. The summed E-state index contributed by atoms with van der Waals surface area (Å²) >= 11 is 0. The highest BCUT2D eigenvalue weighted by atomic mass is 19.1. The third kappa shape index (κ3) is 8.48. The quantitative estimate of drug-likeness (QED) is 0.105. The highest BCUT2D eigenvalue weighted by Crippen LogP contribution is 2.48. The Bertz CT molecular complexity index is 1190. The Labute approximate surface area is 241 Å². The highest BCUT2D eigenvalue weighted by Gasteiger charge is 2.53. The van der Waals surface area contributed by atoms with E-state index in [1.165, 1.54) is 12.1 Å². The maximum Gasteiger partial charge on any atom is 0.275 e. The molecule has 3 atom stereocenters. The van der Waals surface area contributed by atoms with E-state index in [-0.39, 0.29) is 29.1 Å². The summed E-state index contributed by atoms with van der Waals surface area (Å²) in [5, 5.41) is 9.33. The van der Waals surface area contributed by atoms with Crippen LogP contribution < -0.4 is 22.7 Å². The number of likely N-dealkylation sites (N-methyl/N-ethyl adjacent to an activating group) is 1. The molecule has 1 heterocycles. The first-order valence-electron chi connectivity index (χ1n) is 13.8. The first kappa shape index (κ1) is 33.7. The van der Waals surface area contributed by atoms with Gasteiger partial charge < -0.3 is 16.0 Å². The molecular weight excluding hydrogens is 528 g/mol. The van der Waals surface area contributed by atoms with E-state index in [4.69, 9.17) is 16.1 Å². The maximum atomic E-state index is 14.0. The van der Waals surface area contributed by atoms with Crippen molar-refractivity contribution in [1.29, 1.82) is 5.41 Å². The van der Waals surface area contributed by atoms with Gasteiger partial charge >= 0.3 is 0 Å². The second kappa shape index (κ2) is 15.5. The zero-order valence-corrected chi connectivity index (χ0v) is 24.3. The summed E-state index contributed by atoms with van der Waals surface area (Å²) in [5.41, 5.74) is 5.98. The maximum absolute atomic E-state index is 14.0. The normalized spacial score (nSPS) is 22.2. The lowest BCUT2D eigenvalue weighted by Gasteiger charge is -2.47. The van der Waals surface area contributed by atoms with E-state index in [0.717, 1.165) is 37.2 Å². The van der Waals surface area contributed by atoms with Crippen LogP contribution in [0.5, 0.6) is 0 Å². The molecule has 2 aliphatic rings. The summed E-state index contributed by atoms with van der Waals surface area (Å²) in [6, 6.07) is 10.2. The van der Waals surface area contributed by atoms with Gasteiger partial charge in [0.1, 0.15) is 35.1 Å². The minimum atomic E-state index is -0.755. The lowest BCUT2D eigenvalue weighted by molar-refractivity contribution is -0.134. The molecule has 1 spiro atoms. The van der Waals surface area contributed by atoms with Crippen LogP contribution in [0.2, 0.25) is 0 Å². The molecule has 1 saturated carbocycles. The minimum Gasteiger partial charge on any atom is -0.387 e. The zero-order chi connectivity index (χ0) is 30.7. The van der Waals surface area contributed by atoms with Gasteiger partial charge in [0.05, 0.1) is 12.6 Å². The van der Waals surface area contributed by atoms with Crippen LogP contribution in [0.1, 0.15) is 80.4 Å². The molecule has 0 saturated heterocycles. The molecule has 1 fully saturated rings. The number of nitrogens with zero attached hydrogens (tertiary/aromatic N) is 2. The smallest absolute Gasteiger partial charge is 0.275 e. The number of hydrogen-bond acceptors (Lipinski definition) is 7. The van der Waals surface area contributed by atoms with Gasteiger partial charge in [0, 0.05) is 17.2 Å². The Balaban J connectivity index is 0.000000654. The van der Waals surface area contributed by atoms with Crippen molar-refractivity contribution < 1.29 is 18.4 Å². The van der Waals surface area contributed by atoms with E-state index in [2.05, 4.69) is 37.8 Å². The molecule has 0 radical (unpaired) electrons. The van der Waals surface area contributed by atoms with Crippen LogP contribution in [0.25, 0.3) is 0 Å². The predicted molar refractivity (Wildman–Crippen MR) is 158 cm³/mol. The van der Waals surface area contributed by atoms with Gasteiger partial charge in [-0.05, 0) is 62.3 Å². The number of rotatable bonds is 8. The number of aldehydes is 1. The van der Waals surface area contributed by atoms with Gasteiger partial charge in [-0.15, -0.1) is 0 Å². The van der Waals surface area contributed by atoms with Crippen LogP contribution in [0.4, 0.5) is 8.78 Å². The molecule has 2 aromatic carbocycles. The second-order valence-corrected chi connectivity index (χ2v) is 10.8. The fourth-order valence-corrected chi connectivity index (χ4v) is 5.97. The van der Waals surface area contributed by atoms with Gasteiger partial charge in [-0.2, -0.15) is 0 Å². The first-order valence-corrected chi connectivity index (χ1v) is 13.8. The molecule has 1 aliphatic heterocycles. The Hall–Kier alpha value is -3.54. The van der Waals surface area contributed by atoms with Crippen molar-refractivity contribution in [3.8, 4) is 0 Å². The molecule has 0 bridgehead atoms. The number of nitrogens with one attached hydrogen (secondary N) is 2. The summed E-state index contributed by atoms with van der Waals surface area (Å²) in [4.78, 5) is 31.9. The molecular formula is C30H43F2N7O2. The van der Waals surface area contributed by atoms with Gasteiger partial charge in [-0.1, -0.05) is 51.5 Å². The number of hydrogen-bond donors (Lipinski definition) is 5. The number of amides is 1. The van der Waals surface area contributed by atoms with Gasteiger partial charge in [0.25, 0.3) is 5.91 Å². The van der Waals surface area contributed by atoms with Crippen LogP contribution >= 0.6 is 0 Å². The zero-order valence-electron chi connectivity index (χ0n) is 24.3. The number of carbonyl (C=O) groups excluding carboxylic acids is 2. The average molecular weight is 572 g/mol. The lowest BCUT2D eigenvalue weighted by atomic mass is 9.75. The summed E-state index contributed by atoms with van der Waals surface area (Å²) in [5.74, 6) is 7.14. The standard InChI is InChI=1S/C27H30F2N2O2.C3H9N3.H4N2/c1-4-5-24(20-8-6-19(16-32)7-9-20)31-26(33)25(21-11-22(28)13-23(29)12-21)30-27(31)14-17(2)10-18(3)15-27;1-6-2-3(4)5;1-2/h6-9,11-13,16-18,24H,4-5,10,14-15H2,1-3H3;6H,2H2,1H3,(H3,4,5);1-2H2. The van der Waals surface area contributed by atoms with Gasteiger partial charge in [-0.25, -0.2) is 8.78 Å². The van der Waals surface area contributed by atoms with E-state index in [9.17, 15) is 18.4 Å². The number of amidine groups is 1. The van der Waals surface area contributed by atoms with Crippen molar-refractivity contribution in [2.45, 2.75) is 64.6 Å². The molecule has 11 heteroatoms. The third-order valence-corrected chi connectivity index (χ3v) is 7.18. The van der Waals surface area contributed by atoms with Crippen LogP contribution in [-0.4, -0.2) is 47.9 Å². The van der Waals surface area contributed by atoms with Crippen LogP contribution in [-0.2, 0) is 4.79 Å². The third-order valence-electron chi connectivity index (χ3n) is 7.18. The highest BCUT2D eigenvalue weighted by molar-refractivity contribution is 6.46. The summed E-state index contributed by atoms with van der Waals surface area (Å²) in [7, 11) is 1.75. The topological polar surface area (TPSA) is 164 Å². The van der Waals surface area contributed by atoms with Gasteiger partial charge in [0.15, 0.2) is 0 Å². The Morgan fingerprint density at radius 3 is 2.15 bits per heavy atom. The van der Waals surface area contributed by atoms with E-state index in [1.807, 2.05) is 17.0 Å². The largest absolute Gasteiger partial charge is 0.387 e. The van der Waals surface area contributed by atoms with Crippen LogP contribution in [0.3, 0.4) is 0 Å². The summed E-state index contributed by atoms with van der Waals surface area (Å²) < 4.78 is 28.1. The van der Waals surface area contributed by atoms with Crippen molar-refractivity contribution in [1.82, 2.24) is 10.2 Å². The molecule has 8 N–H and O–H groups in total. The van der Waals surface area contributed by atoms with Crippen molar-refractivity contribution in [3.05, 3.63) is 70.8 Å².